The van der Waals surface area contributed by atoms with E-state index in [1.54, 1.807) is 43.5 Å². The second kappa shape index (κ2) is 8.29. The number of rotatable bonds is 6. The van der Waals surface area contributed by atoms with Crippen LogP contribution in [0.25, 0.3) is 11.1 Å². The molecule has 0 aliphatic heterocycles. The number of carbonyl (C=O) groups is 2. The molecule has 6 heteroatoms. The zero-order valence-electron chi connectivity index (χ0n) is 16.8. The van der Waals surface area contributed by atoms with E-state index in [1.165, 1.54) is 0 Å². The third-order valence-electron chi connectivity index (χ3n) is 5.00. The standard InChI is InChI=1S/C24H22N2O4/c1-3-29-24(28)17-8-10-19(11-9-17)25-23(27)21-14-22-20(12-13-30-22)26(21)15-18-7-5-4-6-16(18)2/h4-14H,3,15H2,1-2H3,(H,25,27). The largest absolute Gasteiger partial charge is 0.463 e. The Morgan fingerprint density at radius 2 is 1.83 bits per heavy atom. The Hall–Kier alpha value is -3.80. The highest BCUT2D eigenvalue weighted by Crippen LogP contribution is 2.24. The number of furan rings is 1. The van der Waals surface area contributed by atoms with Gasteiger partial charge >= 0.3 is 5.97 Å². The Balaban J connectivity index is 1.60. The predicted molar refractivity (Wildman–Crippen MR) is 115 cm³/mol. The molecule has 0 saturated heterocycles. The Bertz CT molecular complexity index is 1200. The third kappa shape index (κ3) is 3.85. The highest BCUT2D eigenvalue weighted by Gasteiger charge is 2.18. The lowest BCUT2D eigenvalue weighted by Crippen LogP contribution is -2.18. The number of carbonyl (C=O) groups excluding carboxylic acids is 2. The molecule has 6 nitrogen and oxygen atoms in total. The van der Waals surface area contributed by atoms with Crippen molar-refractivity contribution in [3.05, 3.63) is 89.3 Å². The van der Waals surface area contributed by atoms with Gasteiger partial charge in [0.15, 0.2) is 5.58 Å². The van der Waals surface area contributed by atoms with Crippen molar-refractivity contribution in [2.75, 3.05) is 11.9 Å². The van der Waals surface area contributed by atoms with E-state index < -0.39 is 0 Å². The van der Waals surface area contributed by atoms with Gasteiger partial charge in [0, 0.05) is 24.4 Å². The number of aryl methyl sites for hydroxylation is 1. The summed E-state index contributed by atoms with van der Waals surface area (Å²) in [6, 6.07) is 18.3. The van der Waals surface area contributed by atoms with Crippen LogP contribution in [0.5, 0.6) is 0 Å². The minimum Gasteiger partial charge on any atom is -0.463 e. The normalized spacial score (nSPS) is 10.9. The molecule has 1 amide bonds. The zero-order valence-corrected chi connectivity index (χ0v) is 16.8. The Labute approximate surface area is 174 Å². The van der Waals surface area contributed by atoms with E-state index in [9.17, 15) is 9.59 Å². The number of aromatic nitrogens is 1. The van der Waals surface area contributed by atoms with Crippen LogP contribution in [0.3, 0.4) is 0 Å². The summed E-state index contributed by atoms with van der Waals surface area (Å²) >= 11 is 0. The topological polar surface area (TPSA) is 73.5 Å². The molecule has 0 radical (unpaired) electrons. The highest BCUT2D eigenvalue weighted by atomic mass is 16.5. The monoisotopic (exact) mass is 402 g/mol. The maximum Gasteiger partial charge on any atom is 0.338 e. The van der Waals surface area contributed by atoms with Crippen LogP contribution in [0.1, 0.15) is 38.9 Å². The number of amides is 1. The molecule has 2 aromatic carbocycles. The number of nitrogens with zero attached hydrogens (tertiary/aromatic N) is 1. The van der Waals surface area contributed by atoms with Crippen LogP contribution < -0.4 is 5.32 Å². The Morgan fingerprint density at radius 1 is 1.07 bits per heavy atom. The fourth-order valence-corrected chi connectivity index (χ4v) is 3.39. The summed E-state index contributed by atoms with van der Waals surface area (Å²) < 4.78 is 12.5. The molecule has 0 aliphatic carbocycles. The first-order chi connectivity index (χ1) is 14.6. The molecule has 1 N–H and O–H groups in total. The van der Waals surface area contributed by atoms with Gasteiger partial charge in [0.2, 0.25) is 0 Å². The van der Waals surface area contributed by atoms with Gasteiger partial charge in [0.05, 0.1) is 24.0 Å². The van der Waals surface area contributed by atoms with Crippen LogP contribution in [0.15, 0.2) is 71.3 Å². The quantitative estimate of drug-likeness (QED) is 0.460. The molecule has 2 aromatic heterocycles. The number of fused-ring (bicyclic) bond motifs is 1. The van der Waals surface area contributed by atoms with Crippen molar-refractivity contribution in [3.63, 3.8) is 0 Å². The van der Waals surface area contributed by atoms with Crippen LogP contribution >= 0.6 is 0 Å². The lowest BCUT2D eigenvalue weighted by molar-refractivity contribution is 0.0526. The Morgan fingerprint density at radius 3 is 2.57 bits per heavy atom. The van der Waals surface area contributed by atoms with Crippen molar-refractivity contribution in [2.24, 2.45) is 0 Å². The van der Waals surface area contributed by atoms with Crippen LogP contribution in [0.4, 0.5) is 5.69 Å². The van der Waals surface area contributed by atoms with Gasteiger partial charge in [0.25, 0.3) is 5.91 Å². The maximum absolute atomic E-state index is 13.0. The average molecular weight is 402 g/mol. The minimum atomic E-state index is -0.386. The van der Waals surface area contributed by atoms with E-state index in [-0.39, 0.29) is 11.9 Å². The van der Waals surface area contributed by atoms with Gasteiger partial charge in [0.1, 0.15) is 5.69 Å². The summed E-state index contributed by atoms with van der Waals surface area (Å²) in [5.41, 5.74) is 5.34. The van der Waals surface area contributed by atoms with Crippen molar-refractivity contribution in [1.29, 1.82) is 0 Å². The van der Waals surface area contributed by atoms with Gasteiger partial charge in [-0.1, -0.05) is 24.3 Å². The number of esters is 1. The molecule has 152 valence electrons. The SMILES string of the molecule is CCOC(=O)c1ccc(NC(=O)c2cc3occc3n2Cc2ccccc2C)cc1. The van der Waals surface area contributed by atoms with E-state index in [4.69, 9.17) is 9.15 Å². The molecule has 0 fully saturated rings. The highest BCUT2D eigenvalue weighted by molar-refractivity contribution is 6.06. The van der Waals surface area contributed by atoms with Crippen molar-refractivity contribution in [2.45, 2.75) is 20.4 Å². The van der Waals surface area contributed by atoms with Gasteiger partial charge in [-0.05, 0) is 49.2 Å². The van der Waals surface area contributed by atoms with Gasteiger partial charge in [-0.25, -0.2) is 4.79 Å². The summed E-state index contributed by atoms with van der Waals surface area (Å²) in [4.78, 5) is 24.8. The summed E-state index contributed by atoms with van der Waals surface area (Å²) in [6.07, 6.45) is 1.62. The zero-order chi connectivity index (χ0) is 21.1. The first kappa shape index (κ1) is 19.5. The minimum absolute atomic E-state index is 0.251. The maximum atomic E-state index is 13.0. The van der Waals surface area contributed by atoms with Crippen molar-refractivity contribution >= 4 is 28.7 Å². The molecule has 0 bridgehead atoms. The molecule has 30 heavy (non-hydrogen) atoms. The fourth-order valence-electron chi connectivity index (χ4n) is 3.39. The number of nitrogens with one attached hydrogen (secondary N) is 1. The first-order valence-corrected chi connectivity index (χ1v) is 9.76. The predicted octanol–water partition coefficient (Wildman–Crippen LogP) is 5.02. The summed E-state index contributed by atoms with van der Waals surface area (Å²) in [5, 5.41) is 2.89. The second-order valence-electron chi connectivity index (χ2n) is 6.96. The molecule has 4 rings (SSSR count). The average Bonchev–Trinajstić information content (AvgIpc) is 3.33. The van der Waals surface area contributed by atoms with E-state index in [0.717, 1.165) is 16.6 Å². The molecule has 0 saturated carbocycles. The molecule has 0 atom stereocenters. The molecule has 0 aliphatic rings. The van der Waals surface area contributed by atoms with E-state index in [2.05, 4.69) is 24.4 Å². The van der Waals surface area contributed by atoms with E-state index in [0.29, 0.717) is 35.7 Å². The molecular weight excluding hydrogens is 380 g/mol. The molecule has 0 unspecified atom stereocenters. The lowest BCUT2D eigenvalue weighted by Gasteiger charge is -2.12. The van der Waals surface area contributed by atoms with Gasteiger partial charge in [-0.15, -0.1) is 0 Å². The number of benzene rings is 2. The second-order valence-corrected chi connectivity index (χ2v) is 6.96. The van der Waals surface area contributed by atoms with E-state index >= 15 is 0 Å². The molecule has 4 aromatic rings. The van der Waals surface area contributed by atoms with Gasteiger partial charge < -0.3 is 19.0 Å². The molecular formula is C24H22N2O4. The first-order valence-electron chi connectivity index (χ1n) is 9.76. The van der Waals surface area contributed by atoms with Crippen LogP contribution in [0.2, 0.25) is 0 Å². The number of ether oxygens (including phenoxy) is 1. The smallest absolute Gasteiger partial charge is 0.338 e. The summed E-state index contributed by atoms with van der Waals surface area (Å²) in [6.45, 7) is 4.68. The van der Waals surface area contributed by atoms with Crippen molar-refractivity contribution in [1.82, 2.24) is 4.57 Å². The van der Waals surface area contributed by atoms with Gasteiger partial charge in [-0.2, -0.15) is 0 Å². The number of hydrogen-bond acceptors (Lipinski definition) is 4. The van der Waals surface area contributed by atoms with Crippen molar-refractivity contribution < 1.29 is 18.7 Å². The third-order valence-corrected chi connectivity index (χ3v) is 5.00. The van der Waals surface area contributed by atoms with Crippen LogP contribution in [0, 0.1) is 6.92 Å². The lowest BCUT2D eigenvalue weighted by atomic mass is 10.1. The summed E-state index contributed by atoms with van der Waals surface area (Å²) in [7, 11) is 0. The number of hydrogen-bond donors (Lipinski definition) is 1. The van der Waals surface area contributed by atoms with Gasteiger partial charge in [-0.3, -0.25) is 4.79 Å². The Kier molecular flexibility index (Phi) is 5.39. The van der Waals surface area contributed by atoms with Crippen molar-refractivity contribution in [3.8, 4) is 0 Å². The van der Waals surface area contributed by atoms with Crippen LogP contribution in [-0.2, 0) is 11.3 Å². The van der Waals surface area contributed by atoms with Crippen LogP contribution in [-0.4, -0.2) is 23.1 Å². The fraction of sp³-hybridized carbons (Fsp3) is 0.167. The molecule has 0 spiro atoms. The number of anilines is 1. The van der Waals surface area contributed by atoms with E-state index in [1.807, 2.05) is 22.8 Å². The molecule has 2 heterocycles. The summed E-state index contributed by atoms with van der Waals surface area (Å²) in [5.74, 6) is -0.637.